The third kappa shape index (κ3) is 3.32. The lowest BCUT2D eigenvalue weighted by Crippen LogP contribution is -2.19. The first-order valence-electron chi connectivity index (χ1n) is 7.56. The van der Waals surface area contributed by atoms with Crippen LogP contribution < -0.4 is 10.2 Å². The summed E-state index contributed by atoms with van der Waals surface area (Å²) in [5.41, 5.74) is 0.895. The Morgan fingerprint density at radius 2 is 2.00 bits per heavy atom. The standard InChI is InChI=1S/C16H15Cl2N5O/c17-12-4-3-5-13(18)10(12)8-14(24)20-15-11(9-19)16(22-21-15)23-6-1-2-7-23/h3-5H,1-2,6-8H2,(H2,20,21,22,24). The van der Waals surface area contributed by atoms with E-state index in [1.165, 1.54) is 0 Å². The van der Waals surface area contributed by atoms with Crippen LogP contribution in [0.2, 0.25) is 10.0 Å². The van der Waals surface area contributed by atoms with Crippen molar-refractivity contribution in [1.29, 1.82) is 5.26 Å². The van der Waals surface area contributed by atoms with Crippen molar-refractivity contribution in [1.82, 2.24) is 10.2 Å². The van der Waals surface area contributed by atoms with Crippen molar-refractivity contribution in [2.75, 3.05) is 23.3 Å². The van der Waals surface area contributed by atoms with Crippen molar-refractivity contribution < 1.29 is 4.79 Å². The van der Waals surface area contributed by atoms with Gasteiger partial charge < -0.3 is 10.2 Å². The highest BCUT2D eigenvalue weighted by Gasteiger charge is 2.23. The quantitative estimate of drug-likeness (QED) is 0.871. The predicted molar refractivity (Wildman–Crippen MR) is 93.5 cm³/mol. The first-order valence-corrected chi connectivity index (χ1v) is 8.32. The van der Waals surface area contributed by atoms with Crippen molar-refractivity contribution in [3.63, 3.8) is 0 Å². The summed E-state index contributed by atoms with van der Waals surface area (Å²) in [6.07, 6.45) is 2.16. The second-order valence-electron chi connectivity index (χ2n) is 5.53. The smallest absolute Gasteiger partial charge is 0.230 e. The van der Waals surface area contributed by atoms with Gasteiger partial charge >= 0.3 is 0 Å². The van der Waals surface area contributed by atoms with Crippen LogP contribution in [-0.2, 0) is 11.2 Å². The number of H-pyrrole nitrogens is 1. The summed E-state index contributed by atoms with van der Waals surface area (Å²) < 4.78 is 0. The van der Waals surface area contributed by atoms with Crippen LogP contribution in [0.5, 0.6) is 0 Å². The topological polar surface area (TPSA) is 84.8 Å². The van der Waals surface area contributed by atoms with E-state index in [0.717, 1.165) is 25.9 Å². The highest BCUT2D eigenvalue weighted by Crippen LogP contribution is 2.28. The number of anilines is 2. The molecule has 0 spiro atoms. The molecular formula is C16H15Cl2N5O. The zero-order valence-electron chi connectivity index (χ0n) is 12.8. The molecule has 1 fully saturated rings. The Morgan fingerprint density at radius 1 is 1.33 bits per heavy atom. The van der Waals surface area contributed by atoms with Crippen molar-refractivity contribution in [3.05, 3.63) is 39.4 Å². The van der Waals surface area contributed by atoms with Crippen molar-refractivity contribution >= 4 is 40.7 Å². The zero-order chi connectivity index (χ0) is 17.1. The van der Waals surface area contributed by atoms with E-state index in [0.29, 0.717) is 32.8 Å². The first-order chi connectivity index (χ1) is 11.6. The number of carbonyl (C=O) groups excluding carboxylic acids is 1. The molecule has 2 N–H and O–H groups in total. The molecule has 0 radical (unpaired) electrons. The number of nitrogens with zero attached hydrogens (tertiary/aromatic N) is 3. The number of benzene rings is 1. The van der Waals surface area contributed by atoms with Gasteiger partial charge in [-0.15, -0.1) is 0 Å². The lowest BCUT2D eigenvalue weighted by molar-refractivity contribution is -0.115. The summed E-state index contributed by atoms with van der Waals surface area (Å²) in [5, 5.41) is 19.9. The van der Waals surface area contributed by atoms with E-state index in [4.69, 9.17) is 23.2 Å². The number of nitriles is 1. The molecule has 0 unspecified atom stereocenters. The zero-order valence-corrected chi connectivity index (χ0v) is 14.3. The monoisotopic (exact) mass is 363 g/mol. The van der Waals surface area contributed by atoms with Crippen LogP contribution in [0.1, 0.15) is 24.0 Å². The molecule has 1 aliphatic heterocycles. The minimum Gasteiger partial charge on any atom is -0.354 e. The maximum absolute atomic E-state index is 12.3. The molecule has 8 heteroatoms. The number of hydrogen-bond acceptors (Lipinski definition) is 4. The van der Waals surface area contributed by atoms with Crippen LogP contribution in [0, 0.1) is 11.3 Å². The Kier molecular flexibility index (Phi) is 4.93. The number of nitrogens with one attached hydrogen (secondary N) is 2. The summed E-state index contributed by atoms with van der Waals surface area (Å²) in [6, 6.07) is 7.19. The molecule has 2 heterocycles. The third-order valence-corrected chi connectivity index (χ3v) is 4.64. The number of hydrogen-bond donors (Lipinski definition) is 2. The highest BCUT2D eigenvalue weighted by atomic mass is 35.5. The molecule has 0 atom stereocenters. The average Bonchev–Trinajstić information content (AvgIpc) is 3.20. The Hall–Kier alpha value is -2.23. The maximum atomic E-state index is 12.3. The van der Waals surface area contributed by atoms with Gasteiger partial charge in [-0.25, -0.2) is 0 Å². The van der Waals surface area contributed by atoms with Crippen LogP contribution in [-0.4, -0.2) is 29.2 Å². The summed E-state index contributed by atoms with van der Waals surface area (Å²) >= 11 is 12.2. The summed E-state index contributed by atoms with van der Waals surface area (Å²) in [7, 11) is 0. The van der Waals surface area contributed by atoms with Gasteiger partial charge in [0.05, 0.1) is 6.42 Å². The Bertz CT molecular complexity index is 785. The second-order valence-corrected chi connectivity index (χ2v) is 6.34. The molecule has 1 amide bonds. The molecule has 1 saturated heterocycles. The molecule has 3 rings (SSSR count). The number of rotatable bonds is 4. The summed E-state index contributed by atoms with van der Waals surface area (Å²) in [4.78, 5) is 14.3. The normalized spacial score (nSPS) is 13.8. The highest BCUT2D eigenvalue weighted by molar-refractivity contribution is 6.36. The van der Waals surface area contributed by atoms with Gasteiger partial charge in [0, 0.05) is 23.1 Å². The molecule has 0 saturated carbocycles. The second kappa shape index (κ2) is 7.12. The molecule has 0 aliphatic carbocycles. The van der Waals surface area contributed by atoms with E-state index in [2.05, 4.69) is 21.6 Å². The van der Waals surface area contributed by atoms with Gasteiger partial charge in [-0.2, -0.15) is 10.4 Å². The fraction of sp³-hybridized carbons (Fsp3) is 0.312. The average molecular weight is 364 g/mol. The molecule has 1 aromatic carbocycles. The lowest BCUT2D eigenvalue weighted by Gasteiger charge is -2.13. The maximum Gasteiger partial charge on any atom is 0.230 e. The minimum atomic E-state index is -0.321. The summed E-state index contributed by atoms with van der Waals surface area (Å²) in [5.74, 6) is 0.562. The van der Waals surface area contributed by atoms with Crippen LogP contribution in [0.4, 0.5) is 11.6 Å². The van der Waals surface area contributed by atoms with Gasteiger partial charge in [0.1, 0.15) is 17.5 Å². The Labute approximate surface area is 149 Å². The SMILES string of the molecule is N#Cc1c(N2CCCC2)n[nH]c1NC(=O)Cc1c(Cl)cccc1Cl. The molecule has 6 nitrogen and oxygen atoms in total. The van der Waals surface area contributed by atoms with Crippen molar-refractivity contribution in [2.24, 2.45) is 0 Å². The molecule has 2 aromatic rings. The van der Waals surface area contributed by atoms with Crippen molar-refractivity contribution in [3.8, 4) is 6.07 Å². The molecule has 1 aliphatic rings. The third-order valence-electron chi connectivity index (χ3n) is 3.93. The Morgan fingerprint density at radius 3 is 2.62 bits per heavy atom. The van der Waals surface area contributed by atoms with E-state index in [1.54, 1.807) is 18.2 Å². The molecule has 1 aromatic heterocycles. The van der Waals surface area contributed by atoms with Gasteiger partial charge in [-0.3, -0.25) is 9.89 Å². The Balaban J connectivity index is 1.76. The number of aromatic amines is 1. The summed E-state index contributed by atoms with van der Waals surface area (Å²) in [6.45, 7) is 1.73. The van der Waals surface area contributed by atoms with Gasteiger partial charge in [-0.1, -0.05) is 29.3 Å². The molecule has 0 bridgehead atoms. The van der Waals surface area contributed by atoms with Crippen LogP contribution in [0.3, 0.4) is 0 Å². The van der Waals surface area contributed by atoms with Gasteiger partial charge in [0.15, 0.2) is 5.82 Å². The van der Waals surface area contributed by atoms with Crippen LogP contribution >= 0.6 is 23.2 Å². The van der Waals surface area contributed by atoms with E-state index >= 15 is 0 Å². The molecule has 124 valence electrons. The van der Waals surface area contributed by atoms with E-state index in [-0.39, 0.29) is 12.3 Å². The number of aromatic nitrogens is 2. The first kappa shape index (κ1) is 16.6. The fourth-order valence-corrected chi connectivity index (χ4v) is 3.26. The van der Waals surface area contributed by atoms with Gasteiger partial charge in [0.25, 0.3) is 0 Å². The number of halogens is 2. The molecular weight excluding hydrogens is 349 g/mol. The van der Waals surface area contributed by atoms with Gasteiger partial charge in [-0.05, 0) is 30.5 Å². The lowest BCUT2D eigenvalue weighted by atomic mass is 10.1. The fourth-order valence-electron chi connectivity index (χ4n) is 2.73. The number of amides is 1. The van der Waals surface area contributed by atoms with Crippen molar-refractivity contribution in [2.45, 2.75) is 19.3 Å². The molecule has 24 heavy (non-hydrogen) atoms. The van der Waals surface area contributed by atoms with Crippen LogP contribution in [0.15, 0.2) is 18.2 Å². The minimum absolute atomic E-state index is 0.0153. The van der Waals surface area contributed by atoms with E-state index < -0.39 is 0 Å². The number of carbonyl (C=O) groups is 1. The van der Waals surface area contributed by atoms with E-state index in [1.807, 2.05) is 4.90 Å². The predicted octanol–water partition coefficient (Wildman–Crippen LogP) is 3.37. The van der Waals surface area contributed by atoms with Crippen LogP contribution in [0.25, 0.3) is 0 Å². The van der Waals surface area contributed by atoms with Gasteiger partial charge in [0.2, 0.25) is 5.91 Å². The largest absolute Gasteiger partial charge is 0.354 e. The van der Waals surface area contributed by atoms with E-state index in [9.17, 15) is 10.1 Å².